The number of rotatable bonds is 6. The van der Waals surface area contributed by atoms with Gasteiger partial charge in [-0.1, -0.05) is 12.8 Å². The lowest BCUT2D eigenvalue weighted by Crippen LogP contribution is -2.39. The van der Waals surface area contributed by atoms with E-state index in [1.807, 2.05) is 0 Å². The molecule has 0 aromatic rings. The van der Waals surface area contributed by atoms with Crippen LogP contribution in [0, 0.1) is 23.2 Å². The first-order chi connectivity index (χ1) is 8.29. The van der Waals surface area contributed by atoms with E-state index in [0.717, 1.165) is 25.2 Å². The number of nitrogens with zero attached hydrogens (tertiary/aromatic N) is 1. The van der Waals surface area contributed by atoms with Crippen LogP contribution in [-0.2, 0) is 9.53 Å². The summed E-state index contributed by atoms with van der Waals surface area (Å²) in [5.41, 5.74) is 0. The lowest BCUT2D eigenvalue weighted by Gasteiger charge is -2.16. The number of amides is 1. The summed E-state index contributed by atoms with van der Waals surface area (Å²) in [7, 11) is 0. The maximum Gasteiger partial charge on any atom is 0.221 e. The van der Waals surface area contributed by atoms with Gasteiger partial charge in [-0.05, 0) is 25.2 Å². The average molecular weight is 236 g/mol. The first-order valence-electron chi connectivity index (χ1n) is 6.56. The molecule has 1 saturated carbocycles. The zero-order chi connectivity index (χ0) is 12.1. The molecule has 2 fully saturated rings. The van der Waals surface area contributed by atoms with E-state index in [1.165, 1.54) is 12.8 Å². The minimum Gasteiger partial charge on any atom is -0.381 e. The third-order valence-electron chi connectivity index (χ3n) is 3.61. The molecule has 2 aliphatic rings. The molecule has 1 saturated heterocycles. The molecule has 0 bridgehead atoms. The Hall–Kier alpha value is -1.08. The highest BCUT2D eigenvalue weighted by molar-refractivity contribution is 5.76. The van der Waals surface area contributed by atoms with E-state index in [2.05, 4.69) is 11.4 Å². The largest absolute Gasteiger partial charge is 0.381 e. The van der Waals surface area contributed by atoms with Gasteiger partial charge in [0.05, 0.1) is 12.7 Å². The molecule has 0 radical (unpaired) electrons. The number of ether oxygens (including phenoxy) is 1. The smallest absolute Gasteiger partial charge is 0.221 e. The molecule has 17 heavy (non-hydrogen) atoms. The van der Waals surface area contributed by atoms with Crippen LogP contribution in [-0.4, -0.2) is 25.2 Å². The first-order valence-corrected chi connectivity index (χ1v) is 6.56. The van der Waals surface area contributed by atoms with Gasteiger partial charge >= 0.3 is 0 Å². The van der Waals surface area contributed by atoms with Crippen molar-refractivity contribution in [3.63, 3.8) is 0 Å². The van der Waals surface area contributed by atoms with E-state index in [0.29, 0.717) is 19.6 Å². The fraction of sp³-hybridized carbons (Fsp3) is 0.846. The maximum atomic E-state index is 11.7. The molecule has 4 heteroatoms. The van der Waals surface area contributed by atoms with Gasteiger partial charge in [-0.15, -0.1) is 0 Å². The summed E-state index contributed by atoms with van der Waals surface area (Å²) in [6.07, 6.45) is 6.22. The predicted octanol–water partition coefficient (Wildman–Crippen LogP) is 1.61. The van der Waals surface area contributed by atoms with Crippen molar-refractivity contribution in [2.75, 3.05) is 13.2 Å². The van der Waals surface area contributed by atoms with Crippen LogP contribution in [0.3, 0.4) is 0 Å². The minimum absolute atomic E-state index is 0.0177. The monoisotopic (exact) mass is 236 g/mol. The average Bonchev–Trinajstić information content (AvgIpc) is 2.98. The van der Waals surface area contributed by atoms with Gasteiger partial charge in [0.25, 0.3) is 0 Å². The molecule has 1 N–H and O–H groups in total. The summed E-state index contributed by atoms with van der Waals surface area (Å²) in [6, 6.07) is 1.80. The van der Waals surface area contributed by atoms with E-state index >= 15 is 0 Å². The number of nitrogens with one attached hydrogen (secondary N) is 1. The van der Waals surface area contributed by atoms with Crippen LogP contribution < -0.4 is 5.32 Å². The highest BCUT2D eigenvalue weighted by Gasteiger charge is 2.27. The van der Waals surface area contributed by atoms with Crippen LogP contribution in [0.15, 0.2) is 0 Å². The van der Waals surface area contributed by atoms with Gasteiger partial charge in [0.1, 0.15) is 6.04 Å². The van der Waals surface area contributed by atoms with E-state index < -0.39 is 0 Å². The van der Waals surface area contributed by atoms with Gasteiger partial charge in [0.2, 0.25) is 5.91 Å². The molecule has 1 aliphatic carbocycles. The first kappa shape index (κ1) is 12.4. The topological polar surface area (TPSA) is 62.1 Å². The second-order valence-corrected chi connectivity index (χ2v) is 5.13. The van der Waals surface area contributed by atoms with Crippen LogP contribution in [0.25, 0.3) is 0 Å². The van der Waals surface area contributed by atoms with Crippen LogP contribution in [0.2, 0.25) is 0 Å². The molecule has 1 aliphatic heterocycles. The Morgan fingerprint density at radius 1 is 1.47 bits per heavy atom. The van der Waals surface area contributed by atoms with Gasteiger partial charge in [-0.3, -0.25) is 4.79 Å². The van der Waals surface area contributed by atoms with E-state index in [9.17, 15) is 4.79 Å². The summed E-state index contributed by atoms with van der Waals surface area (Å²) in [6.45, 7) is 1.31. The molecular weight excluding hydrogens is 216 g/mol. The molecule has 1 heterocycles. The van der Waals surface area contributed by atoms with E-state index in [4.69, 9.17) is 10.00 Å². The number of carbonyl (C=O) groups excluding carboxylic acids is 1. The van der Waals surface area contributed by atoms with Gasteiger partial charge in [-0.2, -0.15) is 5.26 Å². The molecule has 0 spiro atoms. The Morgan fingerprint density at radius 3 is 2.88 bits per heavy atom. The second kappa shape index (κ2) is 6.02. The molecule has 2 rings (SSSR count). The van der Waals surface area contributed by atoms with Crippen LogP contribution in [0.5, 0.6) is 0 Å². The normalized spacial score (nSPS) is 25.2. The summed E-state index contributed by atoms with van der Waals surface area (Å²) >= 11 is 0. The molecule has 1 amide bonds. The van der Waals surface area contributed by atoms with Crippen LogP contribution in [0.4, 0.5) is 0 Å². The second-order valence-electron chi connectivity index (χ2n) is 5.13. The molecule has 2 unspecified atom stereocenters. The predicted molar refractivity (Wildman–Crippen MR) is 63.0 cm³/mol. The van der Waals surface area contributed by atoms with Crippen molar-refractivity contribution in [1.29, 1.82) is 5.26 Å². The Labute approximate surface area is 102 Å². The lowest BCUT2D eigenvalue weighted by molar-refractivity contribution is -0.121. The van der Waals surface area contributed by atoms with Gasteiger partial charge in [0, 0.05) is 18.9 Å². The third-order valence-corrected chi connectivity index (χ3v) is 3.61. The molecule has 0 aromatic carbocycles. The molecule has 2 atom stereocenters. The number of carbonyl (C=O) groups is 1. The third kappa shape index (κ3) is 4.01. The van der Waals surface area contributed by atoms with Crippen molar-refractivity contribution in [2.45, 2.75) is 44.6 Å². The fourth-order valence-electron chi connectivity index (χ4n) is 2.27. The number of hydrogen-bond donors (Lipinski definition) is 1. The van der Waals surface area contributed by atoms with Crippen molar-refractivity contribution >= 4 is 5.91 Å². The van der Waals surface area contributed by atoms with Gasteiger partial charge in [0.15, 0.2) is 0 Å². The standard InChI is InChI=1S/C13H20N2O2/c14-8-12(11-6-7-17-9-11)15-13(16)3-1-2-10-4-5-10/h10-12H,1-7,9H2,(H,15,16). The zero-order valence-corrected chi connectivity index (χ0v) is 10.2. The number of hydrogen-bond acceptors (Lipinski definition) is 3. The van der Waals surface area contributed by atoms with Crippen LogP contribution >= 0.6 is 0 Å². The minimum atomic E-state index is -0.370. The maximum absolute atomic E-state index is 11.7. The summed E-state index contributed by atoms with van der Waals surface area (Å²) in [4.78, 5) is 11.7. The quantitative estimate of drug-likeness (QED) is 0.762. The summed E-state index contributed by atoms with van der Waals surface area (Å²) in [5.74, 6) is 1.06. The van der Waals surface area contributed by atoms with Crippen molar-refractivity contribution in [3.05, 3.63) is 0 Å². The SMILES string of the molecule is N#CC(NC(=O)CCCC1CC1)C1CCOC1. The van der Waals surface area contributed by atoms with Gasteiger partial charge in [-0.25, -0.2) is 0 Å². The van der Waals surface area contributed by atoms with Crippen molar-refractivity contribution in [2.24, 2.45) is 11.8 Å². The van der Waals surface area contributed by atoms with Crippen molar-refractivity contribution < 1.29 is 9.53 Å². The zero-order valence-electron chi connectivity index (χ0n) is 10.2. The Balaban J connectivity index is 1.65. The van der Waals surface area contributed by atoms with Crippen LogP contribution in [0.1, 0.15) is 38.5 Å². The summed E-state index contributed by atoms with van der Waals surface area (Å²) < 4.78 is 5.24. The Bertz CT molecular complexity index is 301. The Kier molecular flexibility index (Phi) is 4.38. The van der Waals surface area contributed by atoms with Crippen molar-refractivity contribution in [3.8, 4) is 6.07 Å². The molecular formula is C13H20N2O2. The summed E-state index contributed by atoms with van der Waals surface area (Å²) in [5, 5.41) is 11.9. The van der Waals surface area contributed by atoms with Crippen molar-refractivity contribution in [1.82, 2.24) is 5.32 Å². The lowest BCUT2D eigenvalue weighted by atomic mass is 10.00. The fourth-order valence-corrected chi connectivity index (χ4v) is 2.27. The number of nitriles is 1. The molecule has 94 valence electrons. The highest BCUT2D eigenvalue weighted by Crippen LogP contribution is 2.33. The van der Waals surface area contributed by atoms with E-state index in [-0.39, 0.29) is 17.9 Å². The molecule has 0 aromatic heterocycles. The van der Waals surface area contributed by atoms with E-state index in [1.54, 1.807) is 0 Å². The Morgan fingerprint density at radius 2 is 2.29 bits per heavy atom. The highest BCUT2D eigenvalue weighted by atomic mass is 16.5. The van der Waals surface area contributed by atoms with Gasteiger partial charge < -0.3 is 10.1 Å². The molecule has 4 nitrogen and oxygen atoms in total.